The van der Waals surface area contributed by atoms with E-state index in [1.165, 1.54) is 5.56 Å². The molecule has 2 N–H and O–H groups in total. The maximum atomic E-state index is 12.6. The first kappa shape index (κ1) is 17.7. The Labute approximate surface area is 149 Å². The van der Waals surface area contributed by atoms with E-state index in [9.17, 15) is 9.90 Å². The molecule has 1 fully saturated rings. The fourth-order valence-corrected chi connectivity index (χ4v) is 3.52. The van der Waals surface area contributed by atoms with E-state index in [0.29, 0.717) is 5.69 Å². The van der Waals surface area contributed by atoms with Crippen molar-refractivity contribution in [2.45, 2.75) is 25.9 Å². The van der Waals surface area contributed by atoms with E-state index in [1.807, 2.05) is 48.9 Å². The Hall–Kier alpha value is -2.11. The van der Waals surface area contributed by atoms with Crippen molar-refractivity contribution in [1.82, 2.24) is 14.8 Å². The van der Waals surface area contributed by atoms with E-state index in [-0.39, 0.29) is 24.5 Å². The fraction of sp³-hybridized carbons (Fsp3) is 0.450. The maximum absolute atomic E-state index is 12.6. The molecule has 0 bridgehead atoms. The number of carbonyl (C=O) groups excluding carboxylic acids is 1. The van der Waals surface area contributed by atoms with Gasteiger partial charge in [0.25, 0.3) is 5.91 Å². The van der Waals surface area contributed by atoms with Crippen LogP contribution in [0.1, 0.15) is 28.2 Å². The van der Waals surface area contributed by atoms with Gasteiger partial charge in [-0.3, -0.25) is 9.69 Å². The van der Waals surface area contributed by atoms with Crippen molar-refractivity contribution >= 4 is 5.91 Å². The summed E-state index contributed by atoms with van der Waals surface area (Å²) in [6.45, 7) is 4.66. The molecule has 25 heavy (non-hydrogen) atoms. The summed E-state index contributed by atoms with van der Waals surface area (Å²) in [5.74, 6) is 0.0398. The van der Waals surface area contributed by atoms with Gasteiger partial charge < -0.3 is 15.0 Å². The lowest BCUT2D eigenvalue weighted by Crippen LogP contribution is -2.53. The van der Waals surface area contributed by atoms with Crippen LogP contribution in [0.3, 0.4) is 0 Å². The highest BCUT2D eigenvalue weighted by atomic mass is 16.3. The van der Waals surface area contributed by atoms with E-state index < -0.39 is 0 Å². The highest BCUT2D eigenvalue weighted by molar-refractivity contribution is 5.93. The Balaban J connectivity index is 1.67. The van der Waals surface area contributed by atoms with Gasteiger partial charge >= 0.3 is 0 Å². The number of rotatable bonds is 5. The minimum atomic E-state index is -0.0689. The molecular formula is C20H27N3O2. The van der Waals surface area contributed by atoms with E-state index in [1.54, 1.807) is 0 Å². The molecule has 0 unspecified atom stereocenters. The summed E-state index contributed by atoms with van der Waals surface area (Å²) >= 11 is 0. The number of nitrogens with zero attached hydrogens (tertiary/aromatic N) is 2. The molecule has 1 aliphatic heterocycles. The molecule has 5 nitrogen and oxygen atoms in total. The van der Waals surface area contributed by atoms with Gasteiger partial charge in [0.1, 0.15) is 5.69 Å². The fourth-order valence-electron chi connectivity index (χ4n) is 3.52. The number of aromatic nitrogens is 1. The van der Waals surface area contributed by atoms with Crippen molar-refractivity contribution in [2.75, 3.05) is 19.7 Å². The average molecular weight is 341 g/mol. The molecule has 2 atom stereocenters. The third kappa shape index (κ3) is 4.11. The Bertz CT molecular complexity index is 711. The number of amides is 1. The number of aliphatic hydroxyl groups is 1. The second-order valence-corrected chi connectivity index (χ2v) is 6.95. The molecule has 1 saturated heterocycles. The number of piperidine rings is 1. The molecule has 1 aromatic carbocycles. The number of aliphatic hydroxyl groups excluding tert-OH is 1. The third-order valence-corrected chi connectivity index (χ3v) is 5.25. The summed E-state index contributed by atoms with van der Waals surface area (Å²) in [6, 6.07) is 14.1. The number of hydrogen-bond donors (Lipinski definition) is 2. The Morgan fingerprint density at radius 3 is 2.64 bits per heavy atom. The van der Waals surface area contributed by atoms with E-state index in [2.05, 4.69) is 22.3 Å². The standard InChI is InChI=1S/C20H27N3O2/c1-15-8-9-19(22(15)2)20(25)21-18-13-23(11-10-17(18)14-24)12-16-6-4-3-5-7-16/h3-9,17-18,24H,10-14H2,1-2H3,(H,21,25)/t17-,18-/m0/s1. The molecule has 0 saturated carbocycles. The molecule has 1 aliphatic rings. The van der Waals surface area contributed by atoms with Crippen LogP contribution in [-0.4, -0.2) is 46.2 Å². The number of aryl methyl sites for hydroxylation is 1. The maximum Gasteiger partial charge on any atom is 0.268 e. The quantitative estimate of drug-likeness (QED) is 0.874. The molecule has 134 valence electrons. The summed E-state index contributed by atoms with van der Waals surface area (Å²) in [4.78, 5) is 15.0. The van der Waals surface area contributed by atoms with Crippen LogP contribution < -0.4 is 5.32 Å². The van der Waals surface area contributed by atoms with Crippen molar-refractivity contribution < 1.29 is 9.90 Å². The van der Waals surface area contributed by atoms with Crippen LogP contribution >= 0.6 is 0 Å². The van der Waals surface area contributed by atoms with Gasteiger partial charge in [0, 0.05) is 44.4 Å². The van der Waals surface area contributed by atoms with Gasteiger partial charge in [0.2, 0.25) is 0 Å². The van der Waals surface area contributed by atoms with Gasteiger partial charge in [-0.15, -0.1) is 0 Å². The highest BCUT2D eigenvalue weighted by Gasteiger charge is 2.30. The Morgan fingerprint density at radius 2 is 2.00 bits per heavy atom. The molecule has 0 spiro atoms. The first-order valence-electron chi connectivity index (χ1n) is 8.89. The predicted molar refractivity (Wildman–Crippen MR) is 98.3 cm³/mol. The number of benzene rings is 1. The molecule has 1 amide bonds. The second kappa shape index (κ2) is 7.85. The summed E-state index contributed by atoms with van der Waals surface area (Å²) in [6.07, 6.45) is 0.889. The Kier molecular flexibility index (Phi) is 5.56. The molecular weight excluding hydrogens is 314 g/mol. The van der Waals surface area contributed by atoms with Crippen LogP contribution in [0.5, 0.6) is 0 Å². The summed E-state index contributed by atoms with van der Waals surface area (Å²) in [5, 5.41) is 12.8. The van der Waals surface area contributed by atoms with Gasteiger partial charge in [-0.05, 0) is 37.6 Å². The highest BCUT2D eigenvalue weighted by Crippen LogP contribution is 2.20. The minimum Gasteiger partial charge on any atom is -0.396 e. The summed E-state index contributed by atoms with van der Waals surface area (Å²) < 4.78 is 1.90. The predicted octanol–water partition coefficient (Wildman–Crippen LogP) is 1.95. The van der Waals surface area contributed by atoms with Crippen molar-refractivity contribution in [3.63, 3.8) is 0 Å². The smallest absolute Gasteiger partial charge is 0.268 e. The number of hydrogen-bond acceptors (Lipinski definition) is 3. The van der Waals surface area contributed by atoms with Crippen LogP contribution in [0.2, 0.25) is 0 Å². The lowest BCUT2D eigenvalue weighted by atomic mass is 9.91. The van der Waals surface area contributed by atoms with Crippen molar-refractivity contribution in [3.05, 3.63) is 59.4 Å². The van der Waals surface area contributed by atoms with Crippen LogP contribution in [0.15, 0.2) is 42.5 Å². The zero-order valence-corrected chi connectivity index (χ0v) is 15.0. The van der Waals surface area contributed by atoms with Gasteiger partial charge in [0.05, 0.1) is 0 Å². The number of carbonyl (C=O) groups is 1. The average Bonchev–Trinajstić information content (AvgIpc) is 2.95. The van der Waals surface area contributed by atoms with Crippen LogP contribution in [0, 0.1) is 12.8 Å². The Morgan fingerprint density at radius 1 is 1.24 bits per heavy atom. The lowest BCUT2D eigenvalue weighted by Gasteiger charge is -2.38. The molecule has 3 rings (SSSR count). The number of likely N-dealkylation sites (tertiary alicyclic amines) is 1. The lowest BCUT2D eigenvalue weighted by molar-refractivity contribution is 0.0724. The molecule has 1 aromatic heterocycles. The van der Waals surface area contributed by atoms with Crippen molar-refractivity contribution in [2.24, 2.45) is 13.0 Å². The molecule has 5 heteroatoms. The van der Waals surface area contributed by atoms with Gasteiger partial charge in [-0.1, -0.05) is 30.3 Å². The molecule has 2 heterocycles. The molecule has 0 aliphatic carbocycles. The zero-order chi connectivity index (χ0) is 17.8. The second-order valence-electron chi connectivity index (χ2n) is 6.95. The van der Waals surface area contributed by atoms with Crippen LogP contribution in [0.4, 0.5) is 0 Å². The summed E-state index contributed by atoms with van der Waals surface area (Å²) in [7, 11) is 1.90. The van der Waals surface area contributed by atoms with Gasteiger partial charge in [-0.25, -0.2) is 0 Å². The summed E-state index contributed by atoms with van der Waals surface area (Å²) in [5.41, 5.74) is 2.99. The van der Waals surface area contributed by atoms with Gasteiger partial charge in [0.15, 0.2) is 0 Å². The van der Waals surface area contributed by atoms with Crippen molar-refractivity contribution in [3.8, 4) is 0 Å². The zero-order valence-electron chi connectivity index (χ0n) is 15.0. The number of nitrogens with one attached hydrogen (secondary N) is 1. The van der Waals surface area contributed by atoms with Crippen LogP contribution in [-0.2, 0) is 13.6 Å². The van der Waals surface area contributed by atoms with E-state index >= 15 is 0 Å². The van der Waals surface area contributed by atoms with Gasteiger partial charge in [-0.2, -0.15) is 0 Å². The largest absolute Gasteiger partial charge is 0.396 e. The van der Waals surface area contributed by atoms with E-state index in [4.69, 9.17) is 0 Å². The van der Waals surface area contributed by atoms with Crippen molar-refractivity contribution in [1.29, 1.82) is 0 Å². The molecule has 0 radical (unpaired) electrons. The SMILES string of the molecule is Cc1ccc(C(=O)N[C@H]2CN(Cc3ccccc3)CC[C@H]2CO)n1C. The first-order valence-corrected chi connectivity index (χ1v) is 8.89. The first-order chi connectivity index (χ1) is 12.1. The normalized spacial score (nSPS) is 21.2. The van der Waals surface area contributed by atoms with Crippen LogP contribution in [0.25, 0.3) is 0 Å². The molecule has 2 aromatic rings. The third-order valence-electron chi connectivity index (χ3n) is 5.25. The topological polar surface area (TPSA) is 57.5 Å². The van der Waals surface area contributed by atoms with E-state index in [0.717, 1.165) is 31.7 Å². The monoisotopic (exact) mass is 341 g/mol. The minimum absolute atomic E-state index is 0.0369.